The summed E-state index contributed by atoms with van der Waals surface area (Å²) in [6.45, 7) is 2.47. The fourth-order valence-corrected chi connectivity index (χ4v) is 5.72. The van der Waals surface area contributed by atoms with Gasteiger partial charge in [-0.1, -0.05) is 43.0 Å². The van der Waals surface area contributed by atoms with Crippen LogP contribution in [0.25, 0.3) is 0 Å². The average molecular weight is 473 g/mol. The second kappa shape index (κ2) is 8.68. The second-order valence-corrected chi connectivity index (χ2v) is 11.5. The molecule has 0 bridgehead atoms. The largest absolute Gasteiger partial charge is 0.326 e. The van der Waals surface area contributed by atoms with Crippen LogP contribution < -0.4 is 5.32 Å². The van der Waals surface area contributed by atoms with Crippen LogP contribution in [-0.2, 0) is 19.6 Å². The number of carbonyl (C=O) groups is 2. The van der Waals surface area contributed by atoms with Crippen LogP contribution in [0.1, 0.15) is 24.8 Å². The van der Waals surface area contributed by atoms with Crippen molar-refractivity contribution in [1.82, 2.24) is 9.21 Å². The highest BCUT2D eigenvalue weighted by molar-refractivity contribution is 8.14. The number of para-hydroxylation sites is 1. The Bertz CT molecular complexity index is 1210. The van der Waals surface area contributed by atoms with Crippen LogP contribution in [0.5, 0.6) is 0 Å². The number of amides is 2. The zero-order valence-corrected chi connectivity index (χ0v) is 19.6. The molecule has 2 amide bonds. The van der Waals surface area contributed by atoms with Crippen molar-refractivity contribution in [3.63, 3.8) is 0 Å². The van der Waals surface area contributed by atoms with Crippen molar-refractivity contribution in [1.29, 1.82) is 0 Å². The van der Waals surface area contributed by atoms with Gasteiger partial charge in [-0.05, 0) is 29.8 Å². The first-order valence-electron chi connectivity index (χ1n) is 10.1. The predicted octanol–water partition coefficient (Wildman–Crippen LogP) is 3.01. The van der Waals surface area contributed by atoms with E-state index in [4.69, 9.17) is 0 Å². The van der Waals surface area contributed by atoms with Crippen molar-refractivity contribution in [2.75, 3.05) is 26.0 Å². The zero-order valence-electron chi connectivity index (χ0n) is 18.0. The van der Waals surface area contributed by atoms with Gasteiger partial charge in [0, 0.05) is 38.0 Å². The molecule has 1 N–H and O–H groups in total. The van der Waals surface area contributed by atoms with Crippen molar-refractivity contribution in [2.45, 2.75) is 29.4 Å². The minimum absolute atomic E-state index is 0.0786. The Balaban J connectivity index is 1.67. The van der Waals surface area contributed by atoms with Crippen molar-refractivity contribution < 1.29 is 18.0 Å². The van der Waals surface area contributed by atoms with Crippen molar-refractivity contribution in [3.05, 3.63) is 54.1 Å². The minimum atomic E-state index is -3.60. The van der Waals surface area contributed by atoms with E-state index in [9.17, 15) is 18.0 Å². The highest BCUT2D eigenvalue weighted by Crippen LogP contribution is 2.37. The Labute approximate surface area is 191 Å². The van der Waals surface area contributed by atoms with Crippen molar-refractivity contribution >= 4 is 50.1 Å². The summed E-state index contributed by atoms with van der Waals surface area (Å²) >= 11 is 1.46. The summed E-state index contributed by atoms with van der Waals surface area (Å²) in [4.78, 5) is 32.1. The SMILES string of the molecule is CC1CN(C(=O)C2CC(=O)Nc3ccccc32)C(=Nc2cccc(S(=O)(=O)N(C)C)c2)S1. The molecule has 2 aliphatic rings. The molecule has 1 saturated heterocycles. The normalized spacial score (nSPS) is 22.2. The van der Waals surface area contributed by atoms with E-state index in [0.29, 0.717) is 23.1 Å². The molecule has 0 aliphatic carbocycles. The molecule has 0 spiro atoms. The van der Waals surface area contributed by atoms with Gasteiger partial charge in [-0.15, -0.1) is 0 Å². The number of amidine groups is 1. The summed E-state index contributed by atoms with van der Waals surface area (Å²) in [7, 11) is -0.652. The van der Waals surface area contributed by atoms with Gasteiger partial charge >= 0.3 is 0 Å². The van der Waals surface area contributed by atoms with E-state index in [2.05, 4.69) is 10.3 Å². The maximum atomic E-state index is 13.5. The van der Waals surface area contributed by atoms with Crippen LogP contribution >= 0.6 is 11.8 Å². The lowest BCUT2D eigenvalue weighted by Crippen LogP contribution is -2.39. The van der Waals surface area contributed by atoms with Crippen LogP contribution in [-0.4, -0.2) is 60.5 Å². The number of rotatable bonds is 4. The Hall–Kier alpha value is -2.69. The third kappa shape index (κ3) is 4.30. The number of sulfonamides is 1. The molecular weight excluding hydrogens is 448 g/mol. The maximum Gasteiger partial charge on any atom is 0.242 e. The molecule has 32 heavy (non-hydrogen) atoms. The number of nitrogens with zero attached hydrogens (tertiary/aromatic N) is 3. The van der Waals surface area contributed by atoms with E-state index >= 15 is 0 Å². The van der Waals surface area contributed by atoms with Gasteiger partial charge in [-0.3, -0.25) is 14.5 Å². The van der Waals surface area contributed by atoms with Gasteiger partial charge in [0.25, 0.3) is 0 Å². The quantitative estimate of drug-likeness (QED) is 0.738. The molecular formula is C22H24N4O4S2. The molecule has 0 saturated carbocycles. The molecule has 10 heteroatoms. The predicted molar refractivity (Wildman–Crippen MR) is 126 cm³/mol. The standard InChI is InChI=1S/C22H24N4O4S2/c1-14-13-26(21(28)18-12-20(27)24-19-10-5-4-9-17(18)19)22(31-14)23-15-7-6-8-16(11-15)32(29,30)25(2)3/h4-11,14,18H,12-13H2,1-3H3,(H,24,27). The maximum absolute atomic E-state index is 13.5. The van der Waals surface area contributed by atoms with Gasteiger partial charge < -0.3 is 5.32 Å². The first-order valence-corrected chi connectivity index (χ1v) is 12.5. The zero-order chi connectivity index (χ0) is 23.0. The second-order valence-electron chi connectivity index (χ2n) is 7.95. The van der Waals surface area contributed by atoms with Gasteiger partial charge in [0.2, 0.25) is 21.8 Å². The molecule has 2 heterocycles. The lowest BCUT2D eigenvalue weighted by molar-refractivity contribution is -0.131. The number of anilines is 1. The van der Waals surface area contributed by atoms with E-state index in [1.807, 2.05) is 25.1 Å². The highest BCUT2D eigenvalue weighted by atomic mass is 32.2. The summed E-state index contributed by atoms with van der Waals surface area (Å²) in [5.41, 5.74) is 1.89. The first kappa shape index (κ1) is 22.5. The number of nitrogens with one attached hydrogen (secondary N) is 1. The molecule has 1 fully saturated rings. The van der Waals surface area contributed by atoms with E-state index in [0.717, 1.165) is 9.87 Å². The monoisotopic (exact) mass is 472 g/mol. The number of fused-ring (bicyclic) bond motifs is 1. The third-order valence-electron chi connectivity index (χ3n) is 5.36. The number of hydrogen-bond acceptors (Lipinski definition) is 6. The number of carbonyl (C=O) groups excluding carboxylic acids is 2. The summed E-state index contributed by atoms with van der Waals surface area (Å²) in [5.74, 6) is -0.960. The number of aliphatic imine (C=N–C) groups is 1. The molecule has 2 aromatic rings. The Morgan fingerprint density at radius 2 is 1.94 bits per heavy atom. The molecule has 2 atom stereocenters. The Morgan fingerprint density at radius 1 is 1.19 bits per heavy atom. The van der Waals surface area contributed by atoms with Crippen LogP contribution in [0.2, 0.25) is 0 Å². The van der Waals surface area contributed by atoms with Gasteiger partial charge in [0.05, 0.1) is 16.5 Å². The summed E-state index contributed by atoms with van der Waals surface area (Å²) in [6.07, 6.45) is 0.0786. The lowest BCUT2D eigenvalue weighted by Gasteiger charge is -2.28. The highest BCUT2D eigenvalue weighted by Gasteiger charge is 2.38. The fourth-order valence-electron chi connectivity index (χ4n) is 3.74. The number of thioether (sulfide) groups is 1. The van der Waals surface area contributed by atoms with Crippen molar-refractivity contribution in [3.8, 4) is 0 Å². The fraction of sp³-hybridized carbons (Fsp3) is 0.318. The van der Waals surface area contributed by atoms with Crippen LogP contribution in [0.3, 0.4) is 0 Å². The average Bonchev–Trinajstić information content (AvgIpc) is 3.12. The number of benzene rings is 2. The molecule has 2 unspecified atom stereocenters. The van der Waals surface area contributed by atoms with Crippen molar-refractivity contribution in [2.24, 2.45) is 4.99 Å². The lowest BCUT2D eigenvalue weighted by atomic mass is 9.89. The van der Waals surface area contributed by atoms with Gasteiger partial charge in [0.1, 0.15) is 0 Å². The Kier molecular flexibility index (Phi) is 6.11. The van der Waals surface area contributed by atoms with Crippen LogP contribution in [0.15, 0.2) is 58.4 Å². The van der Waals surface area contributed by atoms with E-state index in [-0.39, 0.29) is 28.4 Å². The molecule has 0 aromatic heterocycles. The first-order chi connectivity index (χ1) is 15.2. The summed E-state index contributed by atoms with van der Waals surface area (Å²) in [6, 6.07) is 13.7. The van der Waals surface area contributed by atoms with E-state index in [1.165, 1.54) is 38.0 Å². The van der Waals surface area contributed by atoms with Crippen LogP contribution in [0, 0.1) is 0 Å². The minimum Gasteiger partial charge on any atom is -0.326 e. The van der Waals surface area contributed by atoms with Crippen LogP contribution in [0.4, 0.5) is 11.4 Å². The molecule has 8 nitrogen and oxygen atoms in total. The molecule has 2 aromatic carbocycles. The molecule has 4 rings (SSSR count). The topological polar surface area (TPSA) is 99.1 Å². The van der Waals surface area contributed by atoms with Gasteiger partial charge in [-0.25, -0.2) is 17.7 Å². The Morgan fingerprint density at radius 3 is 2.69 bits per heavy atom. The number of hydrogen-bond donors (Lipinski definition) is 1. The van der Waals surface area contributed by atoms with Gasteiger partial charge in [0.15, 0.2) is 5.17 Å². The summed E-state index contributed by atoms with van der Waals surface area (Å²) in [5, 5.41) is 3.45. The third-order valence-corrected chi connectivity index (χ3v) is 8.25. The van der Waals surface area contributed by atoms with Gasteiger partial charge in [-0.2, -0.15) is 0 Å². The molecule has 2 aliphatic heterocycles. The summed E-state index contributed by atoms with van der Waals surface area (Å²) < 4.78 is 26.1. The smallest absolute Gasteiger partial charge is 0.242 e. The molecule has 168 valence electrons. The van der Waals surface area contributed by atoms with E-state index < -0.39 is 15.9 Å². The molecule has 0 radical (unpaired) electrons. The van der Waals surface area contributed by atoms with E-state index in [1.54, 1.807) is 23.1 Å².